The van der Waals surface area contributed by atoms with Gasteiger partial charge >= 0.3 is 5.97 Å². The van der Waals surface area contributed by atoms with Crippen molar-refractivity contribution in [1.82, 2.24) is 5.32 Å². The maximum Gasteiger partial charge on any atom is 0.328 e. The van der Waals surface area contributed by atoms with Crippen molar-refractivity contribution in [1.29, 1.82) is 0 Å². The monoisotopic (exact) mass is 355 g/mol. The molecule has 26 heavy (non-hydrogen) atoms. The molecule has 2 rings (SSSR count). The minimum absolute atomic E-state index is 0.0490. The number of ether oxygens (including phenoxy) is 1. The van der Waals surface area contributed by atoms with Crippen molar-refractivity contribution in [2.75, 3.05) is 7.11 Å². The van der Waals surface area contributed by atoms with Crippen LogP contribution in [-0.2, 0) is 21.4 Å². The molecule has 5 heteroatoms. The Morgan fingerprint density at radius 1 is 1.04 bits per heavy atom. The lowest BCUT2D eigenvalue weighted by atomic mass is 9.86. The summed E-state index contributed by atoms with van der Waals surface area (Å²) in [5.41, 5.74) is 2.54. The number of esters is 1. The molecule has 0 heterocycles. The van der Waals surface area contributed by atoms with Crippen LogP contribution in [0.5, 0.6) is 5.75 Å². The van der Waals surface area contributed by atoms with Gasteiger partial charge in [-0.3, -0.25) is 4.79 Å². The SMILES string of the molecule is COC(=O)[C@H](Cc1ccc(C(C)(C)C)cc1)NC(=O)c1ccc(O)cc1. The van der Waals surface area contributed by atoms with E-state index in [2.05, 4.69) is 26.1 Å². The summed E-state index contributed by atoms with van der Waals surface area (Å²) >= 11 is 0. The first kappa shape index (κ1) is 19.5. The minimum atomic E-state index is -0.790. The number of phenols is 1. The highest BCUT2D eigenvalue weighted by Gasteiger charge is 2.23. The molecule has 0 aliphatic carbocycles. The summed E-state index contributed by atoms with van der Waals surface area (Å²) in [5, 5.41) is 12.0. The molecule has 2 aromatic rings. The number of benzene rings is 2. The minimum Gasteiger partial charge on any atom is -0.508 e. The Morgan fingerprint density at radius 2 is 1.62 bits per heavy atom. The number of carbonyl (C=O) groups is 2. The van der Waals surface area contributed by atoms with Crippen molar-refractivity contribution in [3.63, 3.8) is 0 Å². The Kier molecular flexibility index (Phi) is 6.03. The van der Waals surface area contributed by atoms with Crippen molar-refractivity contribution >= 4 is 11.9 Å². The summed E-state index contributed by atoms with van der Waals surface area (Å²) < 4.78 is 4.82. The largest absolute Gasteiger partial charge is 0.508 e. The first-order valence-corrected chi connectivity index (χ1v) is 8.48. The molecular weight excluding hydrogens is 330 g/mol. The first-order valence-electron chi connectivity index (χ1n) is 8.48. The van der Waals surface area contributed by atoms with Crippen molar-refractivity contribution in [2.45, 2.75) is 38.6 Å². The van der Waals surface area contributed by atoms with Crippen molar-refractivity contribution in [3.05, 3.63) is 65.2 Å². The van der Waals surface area contributed by atoms with Crippen LogP contribution < -0.4 is 5.32 Å². The quantitative estimate of drug-likeness (QED) is 0.808. The van der Waals surface area contributed by atoms with Crippen LogP contribution in [0.3, 0.4) is 0 Å². The van der Waals surface area contributed by atoms with Crippen LogP contribution in [0, 0.1) is 0 Å². The molecule has 0 aliphatic rings. The molecule has 0 aliphatic heterocycles. The molecule has 1 atom stereocenters. The average Bonchev–Trinajstić information content (AvgIpc) is 2.60. The molecule has 0 spiro atoms. The molecule has 0 aromatic heterocycles. The molecule has 138 valence electrons. The van der Waals surface area contributed by atoms with Crippen LogP contribution in [0.25, 0.3) is 0 Å². The lowest BCUT2D eigenvalue weighted by Crippen LogP contribution is -2.43. The number of methoxy groups -OCH3 is 1. The topological polar surface area (TPSA) is 75.6 Å². The average molecular weight is 355 g/mol. The zero-order chi connectivity index (χ0) is 19.3. The van der Waals surface area contributed by atoms with Crippen LogP contribution in [0.15, 0.2) is 48.5 Å². The van der Waals surface area contributed by atoms with Gasteiger partial charge in [-0.05, 0) is 40.8 Å². The number of nitrogens with one attached hydrogen (secondary N) is 1. The zero-order valence-electron chi connectivity index (χ0n) is 15.6. The lowest BCUT2D eigenvalue weighted by molar-refractivity contribution is -0.142. The Hall–Kier alpha value is -2.82. The highest BCUT2D eigenvalue weighted by atomic mass is 16.5. The summed E-state index contributed by atoms with van der Waals surface area (Å²) in [6.45, 7) is 6.41. The lowest BCUT2D eigenvalue weighted by Gasteiger charge is -2.20. The fourth-order valence-corrected chi connectivity index (χ4v) is 2.57. The second kappa shape index (κ2) is 8.04. The number of carbonyl (C=O) groups excluding carboxylic acids is 2. The van der Waals surface area contributed by atoms with Crippen LogP contribution in [-0.4, -0.2) is 30.1 Å². The third-order valence-electron chi connectivity index (χ3n) is 4.18. The summed E-state index contributed by atoms with van der Waals surface area (Å²) in [6, 6.07) is 13.0. The molecule has 2 N–H and O–H groups in total. The summed E-state index contributed by atoms with van der Waals surface area (Å²) in [5.74, 6) is -0.825. The maximum atomic E-state index is 12.4. The fraction of sp³-hybridized carbons (Fsp3) is 0.333. The van der Waals surface area contributed by atoms with Crippen LogP contribution in [0.4, 0.5) is 0 Å². The number of phenolic OH excluding ortho intramolecular Hbond substituents is 1. The molecular formula is C21H25NO4. The molecule has 0 unspecified atom stereocenters. The van der Waals surface area contributed by atoms with Gasteiger partial charge in [0.05, 0.1) is 7.11 Å². The van der Waals surface area contributed by atoms with E-state index in [4.69, 9.17) is 4.74 Å². The van der Waals surface area contributed by atoms with Crippen LogP contribution in [0.2, 0.25) is 0 Å². The van der Waals surface area contributed by atoms with Gasteiger partial charge in [-0.15, -0.1) is 0 Å². The second-order valence-electron chi connectivity index (χ2n) is 7.25. The van der Waals surface area contributed by atoms with E-state index in [0.29, 0.717) is 12.0 Å². The molecule has 5 nitrogen and oxygen atoms in total. The molecule has 0 saturated heterocycles. The predicted molar refractivity (Wildman–Crippen MR) is 100 cm³/mol. The molecule has 1 amide bonds. The number of amides is 1. The van der Waals surface area contributed by atoms with E-state index in [1.165, 1.54) is 36.9 Å². The van der Waals surface area contributed by atoms with E-state index < -0.39 is 17.9 Å². The van der Waals surface area contributed by atoms with Crippen LogP contribution >= 0.6 is 0 Å². The number of hydrogen-bond donors (Lipinski definition) is 2. The Labute approximate surface area is 154 Å². The van der Waals surface area contributed by atoms with Gasteiger partial charge in [-0.25, -0.2) is 4.79 Å². The van der Waals surface area contributed by atoms with E-state index in [9.17, 15) is 14.7 Å². The fourth-order valence-electron chi connectivity index (χ4n) is 2.57. The van der Waals surface area contributed by atoms with Crippen molar-refractivity contribution in [2.24, 2.45) is 0 Å². The van der Waals surface area contributed by atoms with Gasteiger partial charge < -0.3 is 15.2 Å². The number of rotatable bonds is 5. The normalized spacial score (nSPS) is 12.3. The second-order valence-corrected chi connectivity index (χ2v) is 7.25. The van der Waals surface area contributed by atoms with E-state index in [1.54, 1.807) is 0 Å². The standard InChI is InChI=1S/C21H25NO4/c1-21(2,3)16-9-5-14(6-10-16)13-18(20(25)26-4)22-19(24)15-7-11-17(23)12-8-15/h5-12,18,23H,13H2,1-4H3,(H,22,24)/t18-/m0/s1. The number of aromatic hydroxyl groups is 1. The molecule has 0 fully saturated rings. The third kappa shape index (κ3) is 5.09. The van der Waals surface area contributed by atoms with Crippen molar-refractivity contribution < 1.29 is 19.4 Å². The zero-order valence-corrected chi connectivity index (χ0v) is 15.6. The molecule has 2 aromatic carbocycles. The van der Waals surface area contributed by atoms with E-state index in [0.717, 1.165) is 5.56 Å². The summed E-state index contributed by atoms with van der Waals surface area (Å²) in [6.07, 6.45) is 0.334. The van der Waals surface area contributed by atoms with E-state index in [-0.39, 0.29) is 11.2 Å². The van der Waals surface area contributed by atoms with Gasteiger partial charge in [0, 0.05) is 12.0 Å². The van der Waals surface area contributed by atoms with Gasteiger partial charge in [0.25, 0.3) is 5.91 Å². The Bertz CT molecular complexity index is 758. The van der Waals surface area contributed by atoms with Gasteiger partial charge in [-0.1, -0.05) is 45.0 Å². The molecule has 0 radical (unpaired) electrons. The first-order chi connectivity index (χ1) is 12.2. The van der Waals surface area contributed by atoms with E-state index >= 15 is 0 Å². The van der Waals surface area contributed by atoms with Crippen LogP contribution in [0.1, 0.15) is 42.3 Å². The maximum absolute atomic E-state index is 12.4. The Balaban J connectivity index is 2.13. The third-order valence-corrected chi connectivity index (χ3v) is 4.18. The van der Waals surface area contributed by atoms with Gasteiger partial charge in [0.1, 0.15) is 11.8 Å². The predicted octanol–water partition coefficient (Wildman–Crippen LogP) is 3.20. The van der Waals surface area contributed by atoms with Gasteiger partial charge in [0.2, 0.25) is 0 Å². The van der Waals surface area contributed by atoms with Gasteiger partial charge in [-0.2, -0.15) is 0 Å². The molecule has 0 saturated carbocycles. The number of hydrogen-bond acceptors (Lipinski definition) is 4. The highest BCUT2D eigenvalue weighted by molar-refractivity contribution is 5.96. The van der Waals surface area contributed by atoms with Gasteiger partial charge in [0.15, 0.2) is 0 Å². The van der Waals surface area contributed by atoms with Crippen molar-refractivity contribution in [3.8, 4) is 5.75 Å². The summed E-state index contributed by atoms with van der Waals surface area (Å²) in [4.78, 5) is 24.4. The smallest absolute Gasteiger partial charge is 0.328 e. The van der Waals surface area contributed by atoms with E-state index in [1.807, 2.05) is 24.3 Å². The highest BCUT2D eigenvalue weighted by Crippen LogP contribution is 2.22. The summed E-state index contributed by atoms with van der Waals surface area (Å²) in [7, 11) is 1.30. The molecule has 0 bridgehead atoms. The Morgan fingerprint density at radius 3 is 2.12 bits per heavy atom.